The first-order valence-electron chi connectivity index (χ1n) is 8.53. The zero-order chi connectivity index (χ0) is 18.7. The highest BCUT2D eigenvalue weighted by Gasteiger charge is 2.30. The summed E-state index contributed by atoms with van der Waals surface area (Å²) in [5, 5.41) is 2.87. The quantitative estimate of drug-likeness (QED) is 0.861. The van der Waals surface area contributed by atoms with E-state index in [0.29, 0.717) is 30.8 Å². The molecule has 0 spiro atoms. The molecule has 0 saturated carbocycles. The van der Waals surface area contributed by atoms with Gasteiger partial charge in [-0.1, -0.05) is 32.9 Å². The lowest BCUT2D eigenvalue weighted by atomic mass is 9.87. The molecule has 1 saturated heterocycles. The summed E-state index contributed by atoms with van der Waals surface area (Å²) in [6, 6.07) is 7.12. The first kappa shape index (κ1) is 19.9. The van der Waals surface area contributed by atoms with E-state index in [0.717, 1.165) is 5.56 Å². The highest BCUT2D eigenvalue weighted by Crippen LogP contribution is 2.26. The third-order valence-corrected chi connectivity index (χ3v) is 6.37. The Labute approximate surface area is 150 Å². The summed E-state index contributed by atoms with van der Waals surface area (Å²) in [4.78, 5) is 11.9. The van der Waals surface area contributed by atoms with Gasteiger partial charge in [0, 0.05) is 26.2 Å². The number of amides is 1. The molecule has 1 aliphatic rings. The van der Waals surface area contributed by atoms with Crippen molar-refractivity contribution in [2.45, 2.75) is 50.0 Å². The van der Waals surface area contributed by atoms with Crippen LogP contribution in [0, 0.1) is 0 Å². The summed E-state index contributed by atoms with van der Waals surface area (Å²) in [6.45, 7) is 7.12. The third kappa shape index (κ3) is 5.03. The van der Waals surface area contributed by atoms with Crippen LogP contribution < -0.4 is 5.32 Å². The van der Waals surface area contributed by atoms with Crippen LogP contribution in [0.25, 0.3) is 0 Å². The van der Waals surface area contributed by atoms with Crippen LogP contribution in [0.3, 0.4) is 0 Å². The Balaban J connectivity index is 2.01. The molecule has 1 amide bonds. The fourth-order valence-electron chi connectivity index (χ4n) is 2.92. The van der Waals surface area contributed by atoms with Crippen LogP contribution in [-0.2, 0) is 25.0 Å². The SMILES string of the molecule is COCC(=O)NC1CCN(S(=O)(=O)c2ccc(C(C)(C)C)cc2)CC1. The molecule has 25 heavy (non-hydrogen) atoms. The van der Waals surface area contributed by atoms with Gasteiger partial charge in [-0.3, -0.25) is 4.79 Å². The van der Waals surface area contributed by atoms with Crippen molar-refractivity contribution in [1.29, 1.82) is 0 Å². The van der Waals surface area contributed by atoms with Crippen LogP contribution in [0.4, 0.5) is 0 Å². The van der Waals surface area contributed by atoms with E-state index in [2.05, 4.69) is 26.1 Å². The van der Waals surface area contributed by atoms with Crippen molar-refractivity contribution >= 4 is 15.9 Å². The lowest BCUT2D eigenvalue weighted by Gasteiger charge is -2.31. The van der Waals surface area contributed by atoms with Crippen molar-refractivity contribution in [2.75, 3.05) is 26.8 Å². The second-order valence-corrected chi connectivity index (χ2v) is 9.39. The number of sulfonamides is 1. The van der Waals surface area contributed by atoms with Crippen LogP contribution in [0.2, 0.25) is 0 Å². The standard InChI is InChI=1S/C18H28N2O4S/c1-18(2,3)14-5-7-16(8-6-14)25(22,23)20-11-9-15(10-12-20)19-17(21)13-24-4/h5-8,15H,9-13H2,1-4H3,(H,19,21). The lowest BCUT2D eigenvalue weighted by Crippen LogP contribution is -2.47. The van der Waals surface area contributed by atoms with Gasteiger partial charge in [-0.05, 0) is 36.0 Å². The molecular formula is C18H28N2O4S. The number of nitrogens with one attached hydrogen (secondary N) is 1. The molecule has 1 N–H and O–H groups in total. The fraction of sp³-hybridized carbons (Fsp3) is 0.611. The van der Waals surface area contributed by atoms with E-state index in [-0.39, 0.29) is 24.0 Å². The number of hydrogen-bond donors (Lipinski definition) is 1. The van der Waals surface area contributed by atoms with Gasteiger partial charge in [0.1, 0.15) is 6.61 Å². The number of benzene rings is 1. The summed E-state index contributed by atoms with van der Waals surface area (Å²) in [6.07, 6.45) is 1.21. The van der Waals surface area contributed by atoms with E-state index in [1.54, 1.807) is 12.1 Å². The topological polar surface area (TPSA) is 75.7 Å². The first-order valence-corrected chi connectivity index (χ1v) is 9.97. The number of methoxy groups -OCH3 is 1. The van der Waals surface area contributed by atoms with Crippen molar-refractivity contribution in [1.82, 2.24) is 9.62 Å². The minimum atomic E-state index is -3.49. The molecule has 7 heteroatoms. The van der Waals surface area contributed by atoms with Crippen molar-refractivity contribution in [3.63, 3.8) is 0 Å². The molecule has 6 nitrogen and oxygen atoms in total. The lowest BCUT2D eigenvalue weighted by molar-refractivity contribution is -0.125. The molecular weight excluding hydrogens is 340 g/mol. The summed E-state index contributed by atoms with van der Waals surface area (Å²) < 4.78 is 31.9. The second-order valence-electron chi connectivity index (χ2n) is 7.45. The number of rotatable bonds is 5. The molecule has 2 rings (SSSR count). The van der Waals surface area contributed by atoms with Gasteiger partial charge in [-0.15, -0.1) is 0 Å². The van der Waals surface area contributed by atoms with Gasteiger partial charge >= 0.3 is 0 Å². The number of carbonyl (C=O) groups is 1. The monoisotopic (exact) mass is 368 g/mol. The molecule has 0 aromatic heterocycles. The summed E-state index contributed by atoms with van der Waals surface area (Å²) >= 11 is 0. The van der Waals surface area contributed by atoms with E-state index in [1.807, 2.05) is 12.1 Å². The van der Waals surface area contributed by atoms with E-state index in [9.17, 15) is 13.2 Å². The van der Waals surface area contributed by atoms with E-state index in [4.69, 9.17) is 4.74 Å². The highest BCUT2D eigenvalue weighted by molar-refractivity contribution is 7.89. The largest absolute Gasteiger partial charge is 0.375 e. The van der Waals surface area contributed by atoms with Crippen LogP contribution in [0.1, 0.15) is 39.2 Å². The maximum atomic E-state index is 12.8. The highest BCUT2D eigenvalue weighted by atomic mass is 32.2. The van der Waals surface area contributed by atoms with Crippen molar-refractivity contribution in [3.05, 3.63) is 29.8 Å². The maximum absolute atomic E-state index is 12.8. The van der Waals surface area contributed by atoms with Gasteiger partial charge in [-0.2, -0.15) is 4.31 Å². The minimum absolute atomic E-state index is 0.00244. The van der Waals surface area contributed by atoms with Gasteiger partial charge < -0.3 is 10.1 Å². The Bertz CT molecular complexity index is 685. The van der Waals surface area contributed by atoms with Gasteiger partial charge in [0.2, 0.25) is 15.9 Å². The van der Waals surface area contributed by atoms with Crippen molar-refractivity contribution in [3.8, 4) is 0 Å². The zero-order valence-corrected chi connectivity index (χ0v) is 16.2. The van der Waals surface area contributed by atoms with Crippen molar-refractivity contribution < 1.29 is 17.9 Å². The van der Waals surface area contributed by atoms with Crippen LogP contribution in [0.5, 0.6) is 0 Å². The average molecular weight is 368 g/mol. The van der Waals surface area contributed by atoms with Gasteiger partial charge in [-0.25, -0.2) is 8.42 Å². The normalized spacial score (nSPS) is 17.4. The summed E-state index contributed by atoms with van der Waals surface area (Å²) in [7, 11) is -2.02. The minimum Gasteiger partial charge on any atom is -0.375 e. The van der Waals surface area contributed by atoms with E-state index < -0.39 is 10.0 Å². The predicted octanol–water partition coefficient (Wildman–Crippen LogP) is 1.90. The zero-order valence-electron chi connectivity index (χ0n) is 15.4. The van der Waals surface area contributed by atoms with Crippen LogP contribution in [0.15, 0.2) is 29.2 Å². The summed E-state index contributed by atoms with van der Waals surface area (Å²) in [5.74, 6) is -0.165. The van der Waals surface area contributed by atoms with Gasteiger partial charge in [0.25, 0.3) is 0 Å². The number of ether oxygens (including phenoxy) is 1. The molecule has 0 unspecified atom stereocenters. The first-order chi connectivity index (χ1) is 11.6. The molecule has 140 valence electrons. The van der Waals surface area contributed by atoms with Crippen LogP contribution in [-0.4, -0.2) is 51.5 Å². The summed E-state index contributed by atoms with van der Waals surface area (Å²) in [5.41, 5.74) is 1.09. The molecule has 1 aromatic carbocycles. The molecule has 1 aliphatic heterocycles. The molecule has 0 aliphatic carbocycles. The Morgan fingerprint density at radius 3 is 2.24 bits per heavy atom. The average Bonchev–Trinajstić information content (AvgIpc) is 2.55. The van der Waals surface area contributed by atoms with Gasteiger partial charge in [0.15, 0.2) is 0 Å². The Hall–Kier alpha value is -1.44. The predicted molar refractivity (Wildman–Crippen MR) is 96.9 cm³/mol. The molecule has 0 radical (unpaired) electrons. The number of piperidine rings is 1. The Morgan fingerprint density at radius 2 is 1.76 bits per heavy atom. The molecule has 1 heterocycles. The molecule has 1 fully saturated rings. The third-order valence-electron chi connectivity index (χ3n) is 4.45. The van der Waals surface area contributed by atoms with Gasteiger partial charge in [0.05, 0.1) is 4.90 Å². The molecule has 0 atom stereocenters. The van der Waals surface area contributed by atoms with Crippen LogP contribution >= 0.6 is 0 Å². The molecule has 0 bridgehead atoms. The second kappa shape index (κ2) is 7.85. The van der Waals surface area contributed by atoms with Crippen molar-refractivity contribution in [2.24, 2.45) is 0 Å². The maximum Gasteiger partial charge on any atom is 0.246 e. The Morgan fingerprint density at radius 1 is 1.20 bits per heavy atom. The fourth-order valence-corrected chi connectivity index (χ4v) is 4.39. The Kier molecular flexibility index (Phi) is 6.24. The number of carbonyl (C=O) groups excluding carboxylic acids is 1. The van der Waals surface area contributed by atoms with E-state index >= 15 is 0 Å². The number of hydrogen-bond acceptors (Lipinski definition) is 4. The number of nitrogens with zero attached hydrogens (tertiary/aromatic N) is 1. The smallest absolute Gasteiger partial charge is 0.246 e. The molecule has 1 aromatic rings. The van der Waals surface area contributed by atoms with E-state index in [1.165, 1.54) is 11.4 Å².